The summed E-state index contributed by atoms with van der Waals surface area (Å²) in [5.41, 5.74) is 3.84. The molecule has 0 unspecified atom stereocenters. The number of hydrogen-bond donors (Lipinski definition) is 0. The van der Waals surface area contributed by atoms with Crippen LogP contribution in [0.3, 0.4) is 0 Å². The average Bonchev–Trinajstić information content (AvgIpc) is 3.62. The zero-order chi connectivity index (χ0) is 24.6. The van der Waals surface area contributed by atoms with E-state index in [1.165, 1.54) is 10.7 Å². The van der Waals surface area contributed by atoms with Crippen molar-refractivity contribution in [1.29, 1.82) is 0 Å². The minimum Gasteiger partial charge on any atom is -0.493 e. The quantitative estimate of drug-likeness (QED) is 0.360. The summed E-state index contributed by atoms with van der Waals surface area (Å²) in [5.74, 6) is 1.15. The molecule has 0 amide bonds. The Morgan fingerprint density at radius 2 is 1.77 bits per heavy atom. The zero-order valence-electron chi connectivity index (χ0n) is 19.5. The van der Waals surface area contributed by atoms with E-state index >= 15 is 0 Å². The average molecular weight is 509 g/mol. The van der Waals surface area contributed by atoms with Gasteiger partial charge >= 0.3 is 0 Å². The molecule has 0 bridgehead atoms. The van der Waals surface area contributed by atoms with E-state index in [1.807, 2.05) is 66.2 Å². The molecule has 8 nitrogen and oxygen atoms in total. The number of para-hydroxylation sites is 1. The minimum atomic E-state index is -3.65. The van der Waals surface area contributed by atoms with Crippen LogP contribution in [-0.4, -0.2) is 48.8 Å². The molecule has 2 aromatic heterocycles. The third-order valence-electron chi connectivity index (χ3n) is 5.81. The van der Waals surface area contributed by atoms with Gasteiger partial charge in [0.05, 0.1) is 42.8 Å². The van der Waals surface area contributed by atoms with Gasteiger partial charge in [-0.05, 0) is 41.8 Å². The van der Waals surface area contributed by atoms with E-state index in [-0.39, 0.29) is 0 Å². The van der Waals surface area contributed by atoms with Crippen LogP contribution in [0.1, 0.15) is 23.6 Å². The van der Waals surface area contributed by atoms with Gasteiger partial charge in [0, 0.05) is 23.7 Å². The summed E-state index contributed by atoms with van der Waals surface area (Å²) in [6, 6.07) is 18.6. The first-order valence-electron chi connectivity index (χ1n) is 10.9. The van der Waals surface area contributed by atoms with Crippen LogP contribution in [0.4, 0.5) is 0 Å². The van der Waals surface area contributed by atoms with Crippen molar-refractivity contribution in [2.75, 3.05) is 20.5 Å². The summed E-state index contributed by atoms with van der Waals surface area (Å²) in [6.07, 6.45) is 3.47. The number of hydrazone groups is 1. The summed E-state index contributed by atoms with van der Waals surface area (Å²) in [7, 11) is -0.518. The lowest BCUT2D eigenvalue weighted by Crippen LogP contribution is -2.26. The van der Waals surface area contributed by atoms with Crippen molar-refractivity contribution in [2.24, 2.45) is 5.10 Å². The molecule has 10 heteroatoms. The van der Waals surface area contributed by atoms with Gasteiger partial charge in [-0.1, -0.05) is 24.3 Å². The molecule has 35 heavy (non-hydrogen) atoms. The number of hydrogen-bond acceptors (Lipinski definition) is 7. The Labute approximate surface area is 208 Å². The number of methoxy groups -OCH3 is 2. The van der Waals surface area contributed by atoms with Crippen molar-refractivity contribution >= 4 is 27.1 Å². The monoisotopic (exact) mass is 508 g/mol. The van der Waals surface area contributed by atoms with Crippen LogP contribution in [-0.2, 0) is 10.0 Å². The molecule has 0 saturated heterocycles. The first-order chi connectivity index (χ1) is 16.9. The van der Waals surface area contributed by atoms with Gasteiger partial charge in [-0.15, -0.1) is 11.3 Å². The number of sulfonamides is 1. The topological polar surface area (TPSA) is 86.0 Å². The second-order valence-electron chi connectivity index (χ2n) is 8.06. The fraction of sp³-hybridized carbons (Fsp3) is 0.200. The SMILES string of the molecule is COc1ccc(C2=NN(S(C)(=O)=O)[C@@H](c3cn(-c4ccccc4)nc3-c3cccs3)C2)cc1OC. The Kier molecular flexibility index (Phi) is 6.08. The molecule has 2 aromatic carbocycles. The third-order valence-corrected chi connectivity index (χ3v) is 7.70. The lowest BCUT2D eigenvalue weighted by Gasteiger charge is -2.20. The van der Waals surface area contributed by atoms with E-state index in [0.29, 0.717) is 23.6 Å². The maximum Gasteiger partial charge on any atom is 0.247 e. The molecule has 4 aromatic rings. The van der Waals surface area contributed by atoms with Crippen LogP contribution >= 0.6 is 11.3 Å². The Morgan fingerprint density at radius 3 is 2.43 bits per heavy atom. The molecule has 0 saturated carbocycles. The summed E-state index contributed by atoms with van der Waals surface area (Å²) < 4.78 is 39.5. The van der Waals surface area contributed by atoms with Gasteiger partial charge in [-0.2, -0.15) is 14.6 Å². The molecule has 0 radical (unpaired) electrons. The zero-order valence-corrected chi connectivity index (χ0v) is 21.1. The summed E-state index contributed by atoms with van der Waals surface area (Å²) in [4.78, 5) is 0.961. The largest absolute Gasteiger partial charge is 0.493 e. The molecule has 1 atom stereocenters. The van der Waals surface area contributed by atoms with Crippen molar-refractivity contribution in [3.8, 4) is 27.8 Å². The van der Waals surface area contributed by atoms with Crippen LogP contribution in [0.2, 0.25) is 0 Å². The summed E-state index contributed by atoms with van der Waals surface area (Å²) >= 11 is 1.56. The molecule has 0 spiro atoms. The van der Waals surface area contributed by atoms with Gasteiger partial charge in [0.2, 0.25) is 10.0 Å². The number of nitrogens with zero attached hydrogens (tertiary/aromatic N) is 4. The van der Waals surface area contributed by atoms with Crippen molar-refractivity contribution in [1.82, 2.24) is 14.2 Å². The van der Waals surface area contributed by atoms with Crippen molar-refractivity contribution < 1.29 is 17.9 Å². The van der Waals surface area contributed by atoms with E-state index in [4.69, 9.17) is 14.6 Å². The molecule has 0 aliphatic carbocycles. The van der Waals surface area contributed by atoms with E-state index < -0.39 is 16.1 Å². The van der Waals surface area contributed by atoms with Crippen molar-refractivity contribution in [3.05, 3.63) is 83.4 Å². The number of thiophene rings is 1. The molecule has 3 heterocycles. The Morgan fingerprint density at radius 1 is 1.00 bits per heavy atom. The van der Waals surface area contributed by atoms with Gasteiger partial charge in [0.25, 0.3) is 0 Å². The van der Waals surface area contributed by atoms with Gasteiger partial charge in [0.15, 0.2) is 11.5 Å². The van der Waals surface area contributed by atoms with E-state index in [0.717, 1.165) is 27.4 Å². The van der Waals surface area contributed by atoms with E-state index in [9.17, 15) is 8.42 Å². The predicted octanol–water partition coefficient (Wildman–Crippen LogP) is 4.73. The number of rotatable bonds is 7. The highest BCUT2D eigenvalue weighted by atomic mass is 32.2. The molecule has 0 N–H and O–H groups in total. The minimum absolute atomic E-state index is 0.390. The highest BCUT2D eigenvalue weighted by molar-refractivity contribution is 7.88. The van der Waals surface area contributed by atoms with Gasteiger partial charge < -0.3 is 9.47 Å². The van der Waals surface area contributed by atoms with Crippen LogP contribution < -0.4 is 9.47 Å². The van der Waals surface area contributed by atoms with Gasteiger partial charge in [-0.25, -0.2) is 13.1 Å². The number of benzene rings is 2. The highest BCUT2D eigenvalue weighted by Crippen LogP contribution is 2.41. The van der Waals surface area contributed by atoms with Gasteiger partial charge in [0.1, 0.15) is 5.69 Å². The van der Waals surface area contributed by atoms with Gasteiger partial charge in [-0.3, -0.25) is 0 Å². The first kappa shape index (κ1) is 23.1. The van der Waals surface area contributed by atoms with E-state index in [1.54, 1.807) is 36.3 Å². The first-order valence-corrected chi connectivity index (χ1v) is 13.6. The Balaban J connectivity index is 1.61. The van der Waals surface area contributed by atoms with Crippen molar-refractivity contribution in [3.63, 3.8) is 0 Å². The predicted molar refractivity (Wildman–Crippen MR) is 137 cm³/mol. The second kappa shape index (κ2) is 9.20. The van der Waals surface area contributed by atoms with Crippen LogP contribution in [0.25, 0.3) is 16.3 Å². The fourth-order valence-electron chi connectivity index (χ4n) is 4.17. The Bertz CT molecular complexity index is 1480. The molecular weight excluding hydrogens is 484 g/mol. The Hall–Kier alpha value is -3.63. The number of aromatic nitrogens is 2. The standard InChI is InChI=1S/C25H24N4O4S2/c1-32-22-12-11-17(14-23(22)33-2)20-15-21(29(26-20)35(3,30)31)19-16-28(18-8-5-4-6-9-18)27-25(19)24-10-7-13-34-24/h4-14,16,21H,15H2,1-3H3/t21-/m1/s1. The summed E-state index contributed by atoms with van der Waals surface area (Å²) in [6.45, 7) is 0. The normalized spacial score (nSPS) is 15.8. The fourth-order valence-corrected chi connectivity index (χ4v) is 5.79. The number of ether oxygens (including phenoxy) is 2. The van der Waals surface area contributed by atoms with Crippen molar-refractivity contribution in [2.45, 2.75) is 12.5 Å². The summed E-state index contributed by atoms with van der Waals surface area (Å²) in [5, 5.41) is 11.4. The lowest BCUT2D eigenvalue weighted by atomic mass is 9.98. The smallest absolute Gasteiger partial charge is 0.247 e. The lowest BCUT2D eigenvalue weighted by molar-refractivity contribution is 0.355. The molecule has 1 aliphatic heterocycles. The van der Waals surface area contributed by atoms with E-state index in [2.05, 4.69) is 5.10 Å². The second-order valence-corrected chi connectivity index (χ2v) is 10.9. The molecule has 180 valence electrons. The van der Waals surface area contributed by atoms with Crippen LogP contribution in [0.15, 0.2) is 77.3 Å². The maximum absolute atomic E-state index is 12.8. The van der Waals surface area contributed by atoms with Crippen LogP contribution in [0, 0.1) is 0 Å². The molecular formula is C25H24N4O4S2. The van der Waals surface area contributed by atoms with Crippen LogP contribution in [0.5, 0.6) is 11.5 Å². The third kappa shape index (κ3) is 4.42. The molecule has 5 rings (SSSR count). The molecule has 0 fully saturated rings. The highest BCUT2D eigenvalue weighted by Gasteiger charge is 2.37. The maximum atomic E-state index is 12.8. The molecule has 1 aliphatic rings.